The van der Waals surface area contributed by atoms with Crippen molar-refractivity contribution in [2.45, 2.75) is 45.6 Å². The molecule has 0 aliphatic heterocycles. The summed E-state index contributed by atoms with van der Waals surface area (Å²) in [4.78, 5) is 0. The van der Waals surface area contributed by atoms with Gasteiger partial charge >= 0.3 is 0 Å². The first-order valence-corrected chi connectivity index (χ1v) is 7.35. The average molecular weight is 215 g/mol. The molecular weight excluding hydrogens is 190 g/mol. The Hall–Kier alpha value is 0.310. The van der Waals surface area contributed by atoms with E-state index in [1.807, 2.05) is 11.8 Å². The lowest BCUT2D eigenvalue weighted by Gasteiger charge is -2.22. The molecule has 2 atom stereocenters. The highest BCUT2D eigenvalue weighted by Gasteiger charge is 2.21. The van der Waals surface area contributed by atoms with E-state index in [0.29, 0.717) is 0 Å². The van der Waals surface area contributed by atoms with Crippen LogP contribution in [0.15, 0.2) is 0 Å². The van der Waals surface area contributed by atoms with Gasteiger partial charge in [-0.05, 0) is 50.2 Å². The fraction of sp³-hybridized carbons (Fsp3) is 1.00. The van der Waals surface area contributed by atoms with Gasteiger partial charge in [-0.3, -0.25) is 0 Å². The molecule has 14 heavy (non-hydrogen) atoms. The molecule has 0 aromatic rings. The van der Waals surface area contributed by atoms with E-state index in [2.05, 4.69) is 25.4 Å². The summed E-state index contributed by atoms with van der Waals surface area (Å²) in [6, 6.07) is 0.738. The van der Waals surface area contributed by atoms with Crippen LogP contribution in [0, 0.1) is 11.8 Å². The summed E-state index contributed by atoms with van der Waals surface area (Å²) in [5.41, 5.74) is 0. The van der Waals surface area contributed by atoms with E-state index in [1.165, 1.54) is 38.0 Å². The van der Waals surface area contributed by atoms with Crippen LogP contribution in [0.25, 0.3) is 0 Å². The summed E-state index contributed by atoms with van der Waals surface area (Å²) >= 11 is 1.95. The van der Waals surface area contributed by atoms with Gasteiger partial charge in [-0.15, -0.1) is 0 Å². The molecular formula is C12H25NS. The van der Waals surface area contributed by atoms with Gasteiger partial charge in [-0.25, -0.2) is 0 Å². The van der Waals surface area contributed by atoms with Crippen LogP contribution in [-0.2, 0) is 0 Å². The van der Waals surface area contributed by atoms with Crippen LogP contribution in [-0.4, -0.2) is 24.6 Å². The average Bonchev–Trinajstić information content (AvgIpc) is 2.67. The van der Waals surface area contributed by atoms with Gasteiger partial charge in [-0.1, -0.05) is 19.8 Å². The molecule has 0 aromatic heterocycles. The standard InChI is InChI=1S/C12H25NS/c1-10(9-14-3)8-13-11(2)12-6-4-5-7-12/h10-13H,4-9H2,1-3H3. The quantitative estimate of drug-likeness (QED) is 0.730. The Morgan fingerprint density at radius 3 is 2.50 bits per heavy atom. The predicted molar refractivity (Wildman–Crippen MR) is 67.0 cm³/mol. The highest BCUT2D eigenvalue weighted by atomic mass is 32.2. The number of thioether (sulfide) groups is 1. The molecule has 0 heterocycles. The lowest BCUT2D eigenvalue weighted by atomic mass is 9.99. The van der Waals surface area contributed by atoms with Crippen molar-refractivity contribution in [3.05, 3.63) is 0 Å². The fourth-order valence-electron chi connectivity index (χ4n) is 2.35. The lowest BCUT2D eigenvalue weighted by molar-refractivity contribution is 0.365. The van der Waals surface area contributed by atoms with Crippen molar-refractivity contribution >= 4 is 11.8 Å². The second-order valence-electron chi connectivity index (χ2n) is 4.80. The molecule has 0 bridgehead atoms. The summed E-state index contributed by atoms with van der Waals surface area (Å²) in [5.74, 6) is 3.05. The Labute approximate surface area is 93.4 Å². The van der Waals surface area contributed by atoms with Crippen molar-refractivity contribution in [2.75, 3.05) is 18.6 Å². The van der Waals surface area contributed by atoms with Crippen LogP contribution in [0.1, 0.15) is 39.5 Å². The summed E-state index contributed by atoms with van der Waals surface area (Å²) in [6.45, 7) is 5.89. The van der Waals surface area contributed by atoms with Crippen molar-refractivity contribution in [1.29, 1.82) is 0 Å². The summed E-state index contributed by atoms with van der Waals surface area (Å²) in [5, 5.41) is 3.70. The van der Waals surface area contributed by atoms with Crippen molar-refractivity contribution < 1.29 is 0 Å². The van der Waals surface area contributed by atoms with Gasteiger partial charge in [-0.2, -0.15) is 11.8 Å². The van der Waals surface area contributed by atoms with Gasteiger partial charge in [0, 0.05) is 6.04 Å². The van der Waals surface area contributed by atoms with Crippen LogP contribution >= 0.6 is 11.8 Å². The zero-order valence-electron chi connectivity index (χ0n) is 9.88. The third-order valence-corrected chi connectivity index (χ3v) is 4.25. The molecule has 1 aliphatic carbocycles. The first-order chi connectivity index (χ1) is 6.74. The maximum atomic E-state index is 3.70. The molecule has 2 unspecified atom stereocenters. The number of nitrogens with one attached hydrogen (secondary N) is 1. The van der Waals surface area contributed by atoms with Crippen LogP contribution in [0.5, 0.6) is 0 Å². The Morgan fingerprint density at radius 1 is 1.29 bits per heavy atom. The monoisotopic (exact) mass is 215 g/mol. The molecule has 0 spiro atoms. The van der Waals surface area contributed by atoms with Crippen LogP contribution in [0.4, 0.5) is 0 Å². The molecule has 2 heteroatoms. The normalized spacial score (nSPS) is 22.5. The summed E-state index contributed by atoms with van der Waals surface area (Å²) in [6.07, 6.45) is 8.00. The topological polar surface area (TPSA) is 12.0 Å². The summed E-state index contributed by atoms with van der Waals surface area (Å²) < 4.78 is 0. The minimum absolute atomic E-state index is 0.738. The first kappa shape index (κ1) is 12.4. The Kier molecular flexibility index (Phi) is 5.95. The first-order valence-electron chi connectivity index (χ1n) is 5.96. The smallest absolute Gasteiger partial charge is 0.00671 e. The maximum Gasteiger partial charge on any atom is 0.00671 e. The Balaban J connectivity index is 2.10. The summed E-state index contributed by atoms with van der Waals surface area (Å²) in [7, 11) is 0. The number of rotatable bonds is 6. The van der Waals surface area contributed by atoms with E-state index in [0.717, 1.165) is 17.9 Å². The molecule has 84 valence electrons. The molecule has 0 saturated heterocycles. The number of hydrogen-bond donors (Lipinski definition) is 1. The zero-order valence-corrected chi connectivity index (χ0v) is 10.7. The van der Waals surface area contributed by atoms with Crippen LogP contribution in [0.2, 0.25) is 0 Å². The molecule has 1 saturated carbocycles. The molecule has 1 aliphatic rings. The van der Waals surface area contributed by atoms with Crippen LogP contribution in [0.3, 0.4) is 0 Å². The second-order valence-corrected chi connectivity index (χ2v) is 5.71. The molecule has 1 N–H and O–H groups in total. The van der Waals surface area contributed by atoms with Gasteiger partial charge in [0.05, 0.1) is 0 Å². The fourth-order valence-corrected chi connectivity index (χ4v) is 3.04. The lowest BCUT2D eigenvalue weighted by Crippen LogP contribution is -2.35. The number of hydrogen-bond acceptors (Lipinski definition) is 2. The van der Waals surface area contributed by atoms with Gasteiger partial charge < -0.3 is 5.32 Å². The van der Waals surface area contributed by atoms with Crippen molar-refractivity contribution in [1.82, 2.24) is 5.32 Å². The zero-order chi connectivity index (χ0) is 10.4. The van der Waals surface area contributed by atoms with Gasteiger partial charge in [0.15, 0.2) is 0 Å². The highest BCUT2D eigenvalue weighted by Crippen LogP contribution is 2.27. The van der Waals surface area contributed by atoms with Gasteiger partial charge in [0.1, 0.15) is 0 Å². The third kappa shape index (κ3) is 4.22. The largest absolute Gasteiger partial charge is 0.314 e. The molecule has 0 amide bonds. The van der Waals surface area contributed by atoms with E-state index in [4.69, 9.17) is 0 Å². The van der Waals surface area contributed by atoms with E-state index < -0.39 is 0 Å². The second kappa shape index (κ2) is 6.73. The third-order valence-electron chi connectivity index (χ3n) is 3.35. The van der Waals surface area contributed by atoms with E-state index >= 15 is 0 Å². The Morgan fingerprint density at radius 2 is 1.93 bits per heavy atom. The van der Waals surface area contributed by atoms with E-state index in [-0.39, 0.29) is 0 Å². The minimum Gasteiger partial charge on any atom is -0.314 e. The highest BCUT2D eigenvalue weighted by molar-refractivity contribution is 7.98. The van der Waals surface area contributed by atoms with E-state index in [9.17, 15) is 0 Å². The van der Waals surface area contributed by atoms with Crippen LogP contribution < -0.4 is 5.32 Å². The van der Waals surface area contributed by atoms with Gasteiger partial charge in [0.25, 0.3) is 0 Å². The van der Waals surface area contributed by atoms with Crippen molar-refractivity contribution in [3.8, 4) is 0 Å². The molecule has 0 aromatic carbocycles. The predicted octanol–water partition coefficient (Wildman–Crippen LogP) is 3.15. The Bertz CT molecular complexity index is 143. The molecule has 1 rings (SSSR count). The SMILES string of the molecule is CSCC(C)CNC(C)C1CCCC1. The molecule has 1 nitrogen and oxygen atoms in total. The molecule has 1 fully saturated rings. The van der Waals surface area contributed by atoms with Crippen molar-refractivity contribution in [3.63, 3.8) is 0 Å². The maximum absolute atomic E-state index is 3.70. The minimum atomic E-state index is 0.738. The van der Waals surface area contributed by atoms with E-state index in [1.54, 1.807) is 0 Å². The van der Waals surface area contributed by atoms with Crippen molar-refractivity contribution in [2.24, 2.45) is 11.8 Å². The molecule has 0 radical (unpaired) electrons. The van der Waals surface area contributed by atoms with Gasteiger partial charge in [0.2, 0.25) is 0 Å².